The summed E-state index contributed by atoms with van der Waals surface area (Å²) in [6, 6.07) is 10.9. The quantitative estimate of drug-likeness (QED) is 0.694. The highest BCUT2D eigenvalue weighted by atomic mass is 16.5. The Morgan fingerprint density at radius 1 is 1.18 bits per heavy atom. The first-order valence-corrected chi connectivity index (χ1v) is 7.02. The average molecular weight is 304 g/mol. The Bertz CT molecular complexity index is 552. The van der Waals surface area contributed by atoms with Crippen molar-refractivity contribution in [2.24, 2.45) is 0 Å². The van der Waals surface area contributed by atoms with Gasteiger partial charge in [-0.05, 0) is 36.4 Å². The van der Waals surface area contributed by atoms with E-state index in [1.54, 1.807) is 25.5 Å². The highest BCUT2D eigenvalue weighted by Gasteiger charge is 2.03. The first-order chi connectivity index (χ1) is 10.8. The summed E-state index contributed by atoms with van der Waals surface area (Å²) in [5.74, 6) is 1.43. The van der Waals surface area contributed by atoms with Crippen LogP contribution >= 0.6 is 0 Å². The number of rotatable bonds is 9. The summed E-state index contributed by atoms with van der Waals surface area (Å²) in [6.07, 6.45) is 1.60. The second-order valence-corrected chi connectivity index (χ2v) is 4.60. The number of amides is 1. The monoisotopic (exact) mass is 304 g/mol. The molecule has 2 N–H and O–H groups in total. The minimum atomic E-state index is -0.111. The molecule has 0 aliphatic rings. The van der Waals surface area contributed by atoms with Gasteiger partial charge in [-0.2, -0.15) is 0 Å². The van der Waals surface area contributed by atoms with Crippen molar-refractivity contribution >= 4 is 11.6 Å². The summed E-state index contributed by atoms with van der Waals surface area (Å²) >= 11 is 0. The molecule has 0 aliphatic carbocycles. The maximum atomic E-state index is 11.8. The molecule has 0 unspecified atom stereocenters. The molecule has 0 aliphatic heterocycles. The summed E-state index contributed by atoms with van der Waals surface area (Å²) in [6.45, 7) is 1.78. The second kappa shape index (κ2) is 8.86. The van der Waals surface area contributed by atoms with Gasteiger partial charge in [0.25, 0.3) is 0 Å². The number of hydrogen-bond acceptors (Lipinski definition) is 5. The normalized spacial score (nSPS) is 10.4. The third-order valence-corrected chi connectivity index (χ3v) is 2.86. The predicted octanol–water partition coefficient (Wildman–Crippen LogP) is 2.03. The third-order valence-electron chi connectivity index (χ3n) is 2.86. The van der Waals surface area contributed by atoms with Gasteiger partial charge >= 0.3 is 0 Å². The second-order valence-electron chi connectivity index (χ2n) is 4.60. The van der Waals surface area contributed by atoms with E-state index < -0.39 is 0 Å². The Morgan fingerprint density at radius 2 is 2.00 bits per heavy atom. The van der Waals surface area contributed by atoms with Crippen LogP contribution in [-0.2, 0) is 16.1 Å². The number of furan rings is 1. The van der Waals surface area contributed by atoms with E-state index in [-0.39, 0.29) is 12.5 Å². The van der Waals surface area contributed by atoms with Gasteiger partial charge < -0.3 is 24.5 Å². The molecule has 0 spiro atoms. The Labute approximate surface area is 129 Å². The van der Waals surface area contributed by atoms with Gasteiger partial charge in [0.2, 0.25) is 5.91 Å². The number of carbonyl (C=O) groups is 1. The topological polar surface area (TPSA) is 72.7 Å². The molecule has 6 nitrogen and oxygen atoms in total. The standard InChI is InChI=1S/C16H20N2O4/c1-20-9-10-22-14-6-4-13(5-7-14)18-16(19)12-17-11-15-3-2-8-21-15/h2-8,17H,9-12H2,1H3,(H,18,19). The maximum Gasteiger partial charge on any atom is 0.238 e. The molecular weight excluding hydrogens is 284 g/mol. The van der Waals surface area contributed by atoms with Crippen LogP contribution in [0.15, 0.2) is 47.1 Å². The van der Waals surface area contributed by atoms with Crippen molar-refractivity contribution in [1.29, 1.82) is 0 Å². The lowest BCUT2D eigenvalue weighted by atomic mass is 10.3. The lowest BCUT2D eigenvalue weighted by molar-refractivity contribution is -0.115. The Hall–Kier alpha value is -2.31. The summed E-state index contributed by atoms with van der Waals surface area (Å²) < 4.78 is 15.5. The smallest absolute Gasteiger partial charge is 0.238 e. The number of methoxy groups -OCH3 is 1. The summed E-state index contributed by atoms with van der Waals surface area (Å²) in [5, 5.41) is 5.81. The lowest BCUT2D eigenvalue weighted by Crippen LogP contribution is -2.27. The summed E-state index contributed by atoms with van der Waals surface area (Å²) in [4.78, 5) is 11.8. The van der Waals surface area contributed by atoms with E-state index in [0.29, 0.717) is 19.8 Å². The highest BCUT2D eigenvalue weighted by molar-refractivity contribution is 5.92. The van der Waals surface area contributed by atoms with Crippen LogP contribution in [0, 0.1) is 0 Å². The van der Waals surface area contributed by atoms with Gasteiger partial charge in [0, 0.05) is 12.8 Å². The SMILES string of the molecule is COCCOc1ccc(NC(=O)CNCc2ccco2)cc1. The molecule has 1 amide bonds. The van der Waals surface area contributed by atoms with Crippen molar-refractivity contribution in [1.82, 2.24) is 5.32 Å². The maximum absolute atomic E-state index is 11.8. The van der Waals surface area contributed by atoms with Gasteiger partial charge in [0.1, 0.15) is 18.1 Å². The molecule has 0 fully saturated rings. The van der Waals surface area contributed by atoms with Crippen molar-refractivity contribution in [3.8, 4) is 5.75 Å². The van der Waals surface area contributed by atoms with E-state index in [1.807, 2.05) is 24.3 Å². The number of anilines is 1. The first kappa shape index (κ1) is 16.1. The van der Waals surface area contributed by atoms with Crippen LogP contribution in [0.2, 0.25) is 0 Å². The average Bonchev–Trinajstić information content (AvgIpc) is 3.03. The van der Waals surface area contributed by atoms with E-state index in [2.05, 4.69) is 10.6 Å². The Morgan fingerprint density at radius 3 is 2.68 bits per heavy atom. The van der Waals surface area contributed by atoms with Crippen LogP contribution in [0.3, 0.4) is 0 Å². The van der Waals surface area contributed by atoms with E-state index in [4.69, 9.17) is 13.9 Å². The van der Waals surface area contributed by atoms with E-state index in [9.17, 15) is 4.79 Å². The minimum Gasteiger partial charge on any atom is -0.491 e. The van der Waals surface area contributed by atoms with Crippen molar-refractivity contribution in [3.05, 3.63) is 48.4 Å². The molecule has 22 heavy (non-hydrogen) atoms. The van der Waals surface area contributed by atoms with Gasteiger partial charge in [-0.25, -0.2) is 0 Å². The molecule has 1 aromatic heterocycles. The number of hydrogen-bond donors (Lipinski definition) is 2. The van der Waals surface area contributed by atoms with Gasteiger partial charge in [-0.3, -0.25) is 4.79 Å². The summed E-state index contributed by atoms with van der Waals surface area (Å²) in [5.41, 5.74) is 0.726. The van der Waals surface area contributed by atoms with Crippen molar-refractivity contribution in [2.45, 2.75) is 6.54 Å². The molecule has 0 atom stereocenters. The fourth-order valence-electron chi connectivity index (χ4n) is 1.79. The molecule has 0 saturated heterocycles. The number of nitrogens with one attached hydrogen (secondary N) is 2. The van der Waals surface area contributed by atoms with E-state index in [0.717, 1.165) is 17.2 Å². The zero-order valence-electron chi connectivity index (χ0n) is 12.5. The highest BCUT2D eigenvalue weighted by Crippen LogP contribution is 2.15. The zero-order valence-corrected chi connectivity index (χ0v) is 12.5. The van der Waals surface area contributed by atoms with Gasteiger partial charge in [-0.1, -0.05) is 0 Å². The minimum absolute atomic E-state index is 0.111. The van der Waals surface area contributed by atoms with Gasteiger partial charge in [0.15, 0.2) is 0 Å². The molecule has 2 rings (SSSR count). The molecule has 0 radical (unpaired) electrons. The van der Waals surface area contributed by atoms with Crippen LogP contribution < -0.4 is 15.4 Å². The first-order valence-electron chi connectivity index (χ1n) is 7.02. The molecular formula is C16H20N2O4. The van der Waals surface area contributed by atoms with Gasteiger partial charge in [0.05, 0.1) is 26.0 Å². The summed E-state index contributed by atoms with van der Waals surface area (Å²) in [7, 11) is 1.63. The number of benzene rings is 1. The third kappa shape index (κ3) is 5.59. The van der Waals surface area contributed by atoms with E-state index in [1.165, 1.54) is 0 Å². The van der Waals surface area contributed by atoms with Crippen LogP contribution in [0.1, 0.15) is 5.76 Å². The van der Waals surface area contributed by atoms with Crippen molar-refractivity contribution < 1.29 is 18.7 Å². The molecule has 1 aromatic carbocycles. The van der Waals surface area contributed by atoms with E-state index >= 15 is 0 Å². The lowest BCUT2D eigenvalue weighted by Gasteiger charge is -2.08. The van der Waals surface area contributed by atoms with Crippen LogP contribution in [0.4, 0.5) is 5.69 Å². The number of carbonyl (C=O) groups excluding carboxylic acids is 1. The molecule has 1 heterocycles. The predicted molar refractivity (Wildman–Crippen MR) is 82.9 cm³/mol. The Balaban J connectivity index is 1.69. The molecule has 6 heteroatoms. The van der Waals surface area contributed by atoms with Crippen molar-refractivity contribution in [3.63, 3.8) is 0 Å². The molecule has 2 aromatic rings. The fraction of sp³-hybridized carbons (Fsp3) is 0.312. The largest absolute Gasteiger partial charge is 0.491 e. The van der Waals surface area contributed by atoms with Crippen LogP contribution in [0.5, 0.6) is 5.75 Å². The van der Waals surface area contributed by atoms with Crippen LogP contribution in [0.25, 0.3) is 0 Å². The van der Waals surface area contributed by atoms with Gasteiger partial charge in [-0.15, -0.1) is 0 Å². The van der Waals surface area contributed by atoms with Crippen LogP contribution in [-0.4, -0.2) is 32.8 Å². The zero-order chi connectivity index (χ0) is 15.6. The molecule has 0 saturated carbocycles. The fourth-order valence-corrected chi connectivity index (χ4v) is 1.79. The molecule has 118 valence electrons. The number of ether oxygens (including phenoxy) is 2. The van der Waals surface area contributed by atoms with Crippen molar-refractivity contribution in [2.75, 3.05) is 32.2 Å². The molecule has 0 bridgehead atoms. The Kier molecular flexibility index (Phi) is 6.47.